The summed E-state index contributed by atoms with van der Waals surface area (Å²) in [4.78, 5) is 42.4. The van der Waals surface area contributed by atoms with Crippen LogP contribution in [0.15, 0.2) is 46.3 Å². The van der Waals surface area contributed by atoms with Crippen LogP contribution in [-0.2, 0) is 23.8 Å². The number of aliphatic hydroxyl groups is 2. The Morgan fingerprint density at radius 2 is 1.62 bits per heavy atom. The molecule has 16 nitrogen and oxygen atoms in total. The number of nitrogens with one attached hydrogen (secondary N) is 1. The van der Waals surface area contributed by atoms with Gasteiger partial charge in [-0.3, -0.25) is 14.4 Å². The Labute approximate surface area is 349 Å². The van der Waals surface area contributed by atoms with Crippen molar-refractivity contribution >= 4 is 46.7 Å². The van der Waals surface area contributed by atoms with Crippen LogP contribution in [0.1, 0.15) is 89.2 Å². The van der Waals surface area contributed by atoms with E-state index in [4.69, 9.17) is 18.9 Å². The van der Waals surface area contributed by atoms with Gasteiger partial charge in [-0.25, -0.2) is 0 Å². The molecule has 2 aromatic rings. The van der Waals surface area contributed by atoms with Gasteiger partial charge in [0.25, 0.3) is 11.7 Å². The number of anilines is 1. The van der Waals surface area contributed by atoms with Gasteiger partial charge in [-0.15, -0.1) is 5.10 Å². The van der Waals surface area contributed by atoms with Crippen molar-refractivity contribution in [3.8, 4) is 23.0 Å². The number of carbonyl (C=O) groups excluding carboxylic acids is 3. The second-order valence-electron chi connectivity index (χ2n) is 16.2. The zero-order chi connectivity index (χ0) is 44.2. The van der Waals surface area contributed by atoms with Crippen molar-refractivity contribution < 1.29 is 58.9 Å². The lowest BCUT2D eigenvalue weighted by Gasteiger charge is -2.38. The van der Waals surface area contributed by atoms with Crippen molar-refractivity contribution in [2.24, 2.45) is 33.9 Å². The van der Waals surface area contributed by atoms with Crippen molar-refractivity contribution in [3.63, 3.8) is 0 Å². The summed E-state index contributed by atoms with van der Waals surface area (Å²) in [6.45, 7) is 14.1. The van der Waals surface area contributed by atoms with E-state index in [9.17, 15) is 39.9 Å². The van der Waals surface area contributed by atoms with E-state index in [1.165, 1.54) is 53.2 Å². The number of hydrogen-bond donors (Lipinski definition) is 6. The number of phenolic OH excluding ortho intramolecular Hbond substituents is 3. The van der Waals surface area contributed by atoms with Gasteiger partial charge < -0.3 is 54.7 Å². The summed E-state index contributed by atoms with van der Waals surface area (Å²) in [6.07, 6.45) is 9.29. The van der Waals surface area contributed by atoms with E-state index in [0.717, 1.165) is 38.6 Å². The third kappa shape index (κ3) is 9.15. The molecular formula is C44H58N4O12. The van der Waals surface area contributed by atoms with Crippen molar-refractivity contribution in [1.82, 2.24) is 4.90 Å². The summed E-state index contributed by atoms with van der Waals surface area (Å²) in [5, 5.41) is 68.6. The molecule has 1 fully saturated rings. The topological polar surface area (TPSA) is 229 Å². The Hall–Kier alpha value is -5.45. The number of hydrogen-bond acceptors (Lipinski definition) is 14. The molecule has 6 rings (SSSR count). The molecule has 60 heavy (non-hydrogen) atoms. The highest BCUT2D eigenvalue weighted by atomic mass is 16.7. The van der Waals surface area contributed by atoms with Crippen LogP contribution in [0.3, 0.4) is 0 Å². The Morgan fingerprint density at radius 1 is 0.933 bits per heavy atom. The highest BCUT2D eigenvalue weighted by Gasteiger charge is 2.50. The maximum Gasteiger partial charge on any atom is 0.312 e. The van der Waals surface area contributed by atoms with E-state index >= 15 is 0 Å². The first-order valence-corrected chi connectivity index (χ1v) is 20.2. The number of fused-ring (bicyclic) bond motifs is 14. The highest BCUT2D eigenvalue weighted by molar-refractivity contribution is 6.23. The number of carbonyl (C=O) groups is 3. The number of Topliss-reactive ketones (excluding diaryl/α,β-unsaturated/α-hetero) is 1. The molecule has 0 radical (unpaired) electrons. The number of amides is 1. The largest absolute Gasteiger partial charge is 0.507 e. The van der Waals surface area contributed by atoms with Crippen LogP contribution in [-0.4, -0.2) is 111 Å². The van der Waals surface area contributed by atoms with Gasteiger partial charge in [0.2, 0.25) is 0 Å². The van der Waals surface area contributed by atoms with Gasteiger partial charge in [0.1, 0.15) is 29.7 Å². The first-order valence-electron chi connectivity index (χ1n) is 20.2. The van der Waals surface area contributed by atoms with Crippen LogP contribution in [0.4, 0.5) is 5.69 Å². The fourth-order valence-electron chi connectivity index (χ4n) is 8.10. The first-order chi connectivity index (χ1) is 28.3. The molecule has 16 heteroatoms. The molecule has 6 N–H and O–H groups in total. The van der Waals surface area contributed by atoms with Gasteiger partial charge in [0.05, 0.1) is 53.0 Å². The molecule has 0 aromatic heterocycles. The summed E-state index contributed by atoms with van der Waals surface area (Å²) < 4.78 is 23.6. The van der Waals surface area contributed by atoms with Gasteiger partial charge in [0, 0.05) is 74.2 Å². The van der Waals surface area contributed by atoms with Crippen molar-refractivity contribution in [3.05, 3.63) is 52.8 Å². The smallest absolute Gasteiger partial charge is 0.312 e. The molecule has 4 aliphatic heterocycles. The molecule has 0 unspecified atom stereocenters. The summed E-state index contributed by atoms with van der Waals surface area (Å²) >= 11 is 0. The Morgan fingerprint density at radius 3 is 2.27 bits per heavy atom. The number of benzene rings is 2. The second-order valence-corrected chi connectivity index (χ2v) is 16.2. The second kappa shape index (κ2) is 18.9. The fourth-order valence-corrected chi connectivity index (χ4v) is 8.10. The van der Waals surface area contributed by atoms with Crippen LogP contribution >= 0.6 is 0 Å². The molecule has 326 valence electrons. The molecular weight excluding hydrogens is 776 g/mol. The van der Waals surface area contributed by atoms with Gasteiger partial charge in [0.15, 0.2) is 5.75 Å². The number of rotatable bonds is 5. The number of esters is 1. The minimum absolute atomic E-state index is 0.0408. The maximum absolute atomic E-state index is 14.4. The van der Waals surface area contributed by atoms with E-state index in [1.54, 1.807) is 46.2 Å². The number of aliphatic hydroxyl groups excluding tert-OH is 2. The minimum Gasteiger partial charge on any atom is -0.507 e. The molecule has 2 aromatic carbocycles. The molecule has 0 aliphatic carbocycles. The SMILES string of the molecule is CO[C@H]1C=CO[C@@]2(C)Oc3c(C)c(O)c4c(O)c(c(C=NN=CN5CCCCC5)c(O)c4c3C2=O)NC(=O)C(C)=CC=C[C@H](C)[C@H](O)[C@@H](C)[C@H](O)[C@H](C)[C@H](OC(C)=O)[C@@H]1C. The van der Waals surface area contributed by atoms with Crippen molar-refractivity contribution in [1.29, 1.82) is 0 Å². The Bertz CT molecular complexity index is 2120. The molecule has 1 saturated heterocycles. The standard InChI is InChI=1S/C44H58N4O12/c1-22-14-13-15-23(2)43(56)47-34-29(20-45-46-21-48-17-11-10-12-18-48)38(53)31-32(39(34)54)37(52)27(6)41-33(31)42(55)44(8,60-41)58-19-16-30(57-9)24(3)40(59-28(7)49)26(5)36(51)25(4)35(22)50/h13-16,19-22,24-26,30,35-36,40,50-54H,10-12,17-18H2,1-9H3,(H,47,56)/t22-,24+,25+,26-,30-,35-,36-,40+,44-/m0/s1. The van der Waals surface area contributed by atoms with Crippen LogP contribution in [0.25, 0.3) is 10.8 Å². The van der Waals surface area contributed by atoms with E-state index in [0.29, 0.717) is 0 Å². The van der Waals surface area contributed by atoms with Crippen LogP contribution in [0, 0.1) is 30.6 Å². The summed E-state index contributed by atoms with van der Waals surface area (Å²) in [5.41, 5.74) is -0.544. The molecule has 0 saturated carbocycles. The highest BCUT2D eigenvalue weighted by Crippen LogP contribution is 2.55. The maximum atomic E-state index is 14.4. The van der Waals surface area contributed by atoms with Gasteiger partial charge in [-0.1, -0.05) is 45.9 Å². The van der Waals surface area contributed by atoms with E-state index in [-0.39, 0.29) is 44.5 Å². The third-order valence-corrected chi connectivity index (χ3v) is 11.9. The van der Waals surface area contributed by atoms with Crippen LogP contribution in [0.5, 0.6) is 23.0 Å². The monoisotopic (exact) mass is 834 g/mol. The molecule has 0 spiro atoms. The fraction of sp³-hybridized carbons (Fsp3) is 0.523. The number of likely N-dealkylation sites (tertiary alicyclic amines) is 1. The molecule has 5 bridgehead atoms. The number of allylic oxidation sites excluding steroid dienone is 2. The van der Waals surface area contributed by atoms with E-state index < -0.39 is 88.8 Å². The number of phenols is 3. The molecule has 1 amide bonds. The van der Waals surface area contributed by atoms with Crippen molar-refractivity contribution in [2.75, 3.05) is 25.5 Å². The predicted molar refractivity (Wildman–Crippen MR) is 225 cm³/mol. The average molecular weight is 835 g/mol. The van der Waals surface area contributed by atoms with E-state index in [2.05, 4.69) is 15.5 Å². The van der Waals surface area contributed by atoms with Crippen LogP contribution in [0.2, 0.25) is 0 Å². The zero-order valence-corrected chi connectivity index (χ0v) is 35.6. The summed E-state index contributed by atoms with van der Waals surface area (Å²) in [7, 11) is 1.43. The number of nitrogens with zero attached hydrogens (tertiary/aromatic N) is 3. The normalized spacial score (nSPS) is 29.6. The third-order valence-electron chi connectivity index (χ3n) is 11.9. The number of ether oxygens (including phenoxy) is 4. The van der Waals surface area contributed by atoms with Crippen molar-refractivity contribution in [2.45, 2.75) is 105 Å². The summed E-state index contributed by atoms with van der Waals surface area (Å²) in [5.74, 6) is -8.56. The Kier molecular flexibility index (Phi) is 14.3. The molecule has 4 aliphatic rings. The predicted octanol–water partition coefficient (Wildman–Crippen LogP) is 5.60. The van der Waals surface area contributed by atoms with Crippen LogP contribution < -0.4 is 10.1 Å². The van der Waals surface area contributed by atoms with Gasteiger partial charge >= 0.3 is 11.8 Å². The molecule has 4 heterocycles. The van der Waals surface area contributed by atoms with Gasteiger partial charge in [-0.05, 0) is 39.2 Å². The lowest BCUT2D eigenvalue weighted by molar-refractivity contribution is -0.160. The quantitative estimate of drug-likeness (QED) is 0.0539. The minimum atomic E-state index is -2.06. The van der Waals surface area contributed by atoms with Gasteiger partial charge in [-0.2, -0.15) is 5.10 Å². The first kappa shape index (κ1) is 45.6. The Balaban J connectivity index is 1.69. The lowest BCUT2D eigenvalue weighted by Crippen LogP contribution is -2.46. The number of piperidine rings is 1. The number of ketones is 1. The zero-order valence-electron chi connectivity index (χ0n) is 35.6. The number of methoxy groups -OCH3 is 1. The average Bonchev–Trinajstić information content (AvgIpc) is 3.48. The molecule has 9 atom stereocenters. The van der Waals surface area contributed by atoms with E-state index in [1.807, 2.05) is 4.90 Å². The lowest BCUT2D eigenvalue weighted by atomic mass is 9.78. The summed E-state index contributed by atoms with van der Waals surface area (Å²) in [6, 6.07) is 0. The number of aromatic hydroxyl groups is 3.